The standard InChI is InChI=1S/C23H19ClN2O3/c1-14-6-8-21-19(10-14)26-23(29-21)16-4-3-5-18(12-16)25-22(27)13-28-20-9-7-17(24)11-15(20)2/h3-12H,13H2,1-2H3,(H,25,27). The number of oxazole rings is 1. The molecular formula is C23H19ClN2O3. The van der Waals surface area contributed by atoms with Crippen LogP contribution in [0.2, 0.25) is 5.02 Å². The van der Waals surface area contributed by atoms with Gasteiger partial charge in [-0.3, -0.25) is 4.79 Å². The zero-order valence-electron chi connectivity index (χ0n) is 16.0. The molecule has 0 atom stereocenters. The smallest absolute Gasteiger partial charge is 0.262 e. The van der Waals surface area contributed by atoms with Crippen LogP contribution in [0.4, 0.5) is 5.69 Å². The third-order valence-corrected chi connectivity index (χ3v) is 4.67. The largest absolute Gasteiger partial charge is 0.483 e. The van der Waals surface area contributed by atoms with Crippen molar-refractivity contribution in [1.82, 2.24) is 4.98 Å². The molecule has 0 bridgehead atoms. The summed E-state index contributed by atoms with van der Waals surface area (Å²) in [5, 5.41) is 3.47. The molecule has 6 heteroatoms. The summed E-state index contributed by atoms with van der Waals surface area (Å²) in [6.07, 6.45) is 0. The molecule has 0 unspecified atom stereocenters. The molecule has 4 aromatic rings. The van der Waals surface area contributed by atoms with Crippen molar-refractivity contribution >= 4 is 34.3 Å². The van der Waals surface area contributed by atoms with Crippen molar-refractivity contribution in [2.45, 2.75) is 13.8 Å². The summed E-state index contributed by atoms with van der Waals surface area (Å²) in [6, 6.07) is 18.5. The Morgan fingerprint density at radius 2 is 1.97 bits per heavy atom. The number of aromatic nitrogens is 1. The molecule has 0 fully saturated rings. The summed E-state index contributed by atoms with van der Waals surface area (Å²) < 4.78 is 11.4. The molecule has 0 aliphatic carbocycles. The van der Waals surface area contributed by atoms with Crippen LogP contribution in [0.25, 0.3) is 22.6 Å². The number of rotatable bonds is 5. The van der Waals surface area contributed by atoms with Crippen molar-refractivity contribution in [3.05, 3.63) is 76.8 Å². The Hall–Kier alpha value is -3.31. The maximum Gasteiger partial charge on any atom is 0.262 e. The van der Waals surface area contributed by atoms with E-state index in [1.54, 1.807) is 18.2 Å². The van der Waals surface area contributed by atoms with E-state index in [0.717, 1.165) is 27.8 Å². The number of fused-ring (bicyclic) bond motifs is 1. The van der Waals surface area contributed by atoms with Crippen molar-refractivity contribution in [3.8, 4) is 17.2 Å². The molecule has 0 saturated carbocycles. The van der Waals surface area contributed by atoms with E-state index >= 15 is 0 Å². The van der Waals surface area contributed by atoms with Crippen molar-refractivity contribution < 1.29 is 13.9 Å². The van der Waals surface area contributed by atoms with Crippen LogP contribution in [-0.4, -0.2) is 17.5 Å². The van der Waals surface area contributed by atoms with Crippen LogP contribution in [0.1, 0.15) is 11.1 Å². The van der Waals surface area contributed by atoms with Gasteiger partial charge < -0.3 is 14.5 Å². The Kier molecular flexibility index (Phi) is 5.23. The summed E-state index contributed by atoms with van der Waals surface area (Å²) in [5.74, 6) is 0.875. The Bertz CT molecular complexity index is 1200. The minimum absolute atomic E-state index is 0.102. The van der Waals surface area contributed by atoms with E-state index in [1.165, 1.54) is 0 Å². The zero-order valence-corrected chi connectivity index (χ0v) is 16.8. The number of nitrogens with zero attached hydrogens (tertiary/aromatic N) is 1. The molecule has 3 aromatic carbocycles. The number of hydrogen-bond acceptors (Lipinski definition) is 4. The first-order chi connectivity index (χ1) is 14.0. The Morgan fingerprint density at radius 1 is 1.10 bits per heavy atom. The number of benzene rings is 3. The lowest BCUT2D eigenvalue weighted by atomic mass is 10.2. The highest BCUT2D eigenvalue weighted by Crippen LogP contribution is 2.27. The van der Waals surface area contributed by atoms with Crippen LogP contribution in [0.3, 0.4) is 0 Å². The average Bonchev–Trinajstić information content (AvgIpc) is 3.11. The fourth-order valence-corrected chi connectivity index (χ4v) is 3.23. The van der Waals surface area contributed by atoms with Gasteiger partial charge in [-0.2, -0.15) is 0 Å². The summed E-state index contributed by atoms with van der Waals surface area (Å²) in [6.45, 7) is 3.79. The fourth-order valence-electron chi connectivity index (χ4n) is 3.01. The lowest BCUT2D eigenvalue weighted by Crippen LogP contribution is -2.20. The molecule has 0 radical (unpaired) electrons. The minimum atomic E-state index is -0.260. The van der Waals surface area contributed by atoms with E-state index in [9.17, 15) is 4.79 Å². The third kappa shape index (κ3) is 4.41. The van der Waals surface area contributed by atoms with E-state index in [0.29, 0.717) is 22.4 Å². The molecule has 1 amide bonds. The van der Waals surface area contributed by atoms with E-state index < -0.39 is 0 Å². The average molecular weight is 407 g/mol. The van der Waals surface area contributed by atoms with Gasteiger partial charge in [-0.25, -0.2) is 4.98 Å². The number of carbonyl (C=O) groups is 1. The third-order valence-electron chi connectivity index (χ3n) is 4.43. The van der Waals surface area contributed by atoms with Gasteiger partial charge in [0.25, 0.3) is 5.91 Å². The SMILES string of the molecule is Cc1ccc2oc(-c3cccc(NC(=O)COc4ccc(Cl)cc4C)c3)nc2c1. The summed E-state index contributed by atoms with van der Waals surface area (Å²) >= 11 is 5.94. The molecule has 0 saturated heterocycles. The van der Waals surface area contributed by atoms with Gasteiger partial charge >= 0.3 is 0 Å². The number of halogens is 1. The number of amides is 1. The van der Waals surface area contributed by atoms with Gasteiger partial charge in [0, 0.05) is 16.3 Å². The highest BCUT2D eigenvalue weighted by Gasteiger charge is 2.11. The first-order valence-electron chi connectivity index (χ1n) is 9.14. The lowest BCUT2D eigenvalue weighted by Gasteiger charge is -2.10. The predicted molar refractivity (Wildman–Crippen MR) is 114 cm³/mol. The van der Waals surface area contributed by atoms with Crippen LogP contribution in [-0.2, 0) is 4.79 Å². The van der Waals surface area contributed by atoms with Crippen LogP contribution in [0, 0.1) is 13.8 Å². The summed E-state index contributed by atoms with van der Waals surface area (Å²) in [7, 11) is 0. The highest BCUT2D eigenvalue weighted by atomic mass is 35.5. The van der Waals surface area contributed by atoms with Gasteiger partial charge in [0.05, 0.1) is 0 Å². The molecule has 0 aliphatic heterocycles. The quantitative estimate of drug-likeness (QED) is 0.456. The first kappa shape index (κ1) is 19.0. The van der Waals surface area contributed by atoms with Gasteiger partial charge in [-0.05, 0) is 73.5 Å². The highest BCUT2D eigenvalue weighted by molar-refractivity contribution is 6.30. The second kappa shape index (κ2) is 7.97. The number of hydrogen-bond donors (Lipinski definition) is 1. The molecular weight excluding hydrogens is 388 g/mol. The van der Waals surface area contributed by atoms with Crippen LogP contribution >= 0.6 is 11.6 Å². The van der Waals surface area contributed by atoms with Crippen LogP contribution in [0.5, 0.6) is 5.75 Å². The van der Waals surface area contributed by atoms with Gasteiger partial charge in [0.15, 0.2) is 12.2 Å². The maximum atomic E-state index is 12.3. The molecule has 4 rings (SSSR count). The molecule has 1 aromatic heterocycles. The summed E-state index contributed by atoms with van der Waals surface area (Å²) in [5.41, 5.74) is 4.95. The predicted octanol–water partition coefficient (Wildman–Crippen LogP) is 5.78. The first-order valence-corrected chi connectivity index (χ1v) is 9.52. The second-order valence-electron chi connectivity index (χ2n) is 6.82. The Morgan fingerprint density at radius 3 is 2.79 bits per heavy atom. The minimum Gasteiger partial charge on any atom is -0.483 e. The lowest BCUT2D eigenvalue weighted by molar-refractivity contribution is -0.118. The van der Waals surface area contributed by atoms with Gasteiger partial charge in [0.1, 0.15) is 11.3 Å². The van der Waals surface area contributed by atoms with Gasteiger partial charge in [0.2, 0.25) is 5.89 Å². The maximum absolute atomic E-state index is 12.3. The number of nitrogens with one attached hydrogen (secondary N) is 1. The van der Waals surface area contributed by atoms with Crippen molar-refractivity contribution in [2.24, 2.45) is 0 Å². The van der Waals surface area contributed by atoms with E-state index in [-0.39, 0.29) is 12.5 Å². The topological polar surface area (TPSA) is 64.4 Å². The van der Waals surface area contributed by atoms with E-state index in [1.807, 2.05) is 56.3 Å². The summed E-state index contributed by atoms with van der Waals surface area (Å²) in [4.78, 5) is 16.8. The molecule has 1 heterocycles. The number of anilines is 1. The number of aryl methyl sites for hydroxylation is 2. The Balaban J connectivity index is 1.46. The molecule has 0 aliphatic rings. The molecule has 0 spiro atoms. The molecule has 146 valence electrons. The van der Waals surface area contributed by atoms with Gasteiger partial charge in [-0.1, -0.05) is 23.7 Å². The fraction of sp³-hybridized carbons (Fsp3) is 0.130. The second-order valence-corrected chi connectivity index (χ2v) is 7.25. The van der Waals surface area contributed by atoms with Crippen LogP contribution in [0.15, 0.2) is 65.1 Å². The van der Waals surface area contributed by atoms with E-state index in [2.05, 4.69) is 10.3 Å². The zero-order chi connectivity index (χ0) is 20.4. The molecule has 29 heavy (non-hydrogen) atoms. The van der Waals surface area contributed by atoms with Gasteiger partial charge in [-0.15, -0.1) is 0 Å². The Labute approximate surface area is 173 Å². The number of carbonyl (C=O) groups excluding carboxylic acids is 1. The normalized spacial score (nSPS) is 10.9. The van der Waals surface area contributed by atoms with Crippen molar-refractivity contribution in [3.63, 3.8) is 0 Å². The molecule has 5 nitrogen and oxygen atoms in total. The van der Waals surface area contributed by atoms with Crippen molar-refractivity contribution in [2.75, 3.05) is 11.9 Å². The van der Waals surface area contributed by atoms with E-state index in [4.69, 9.17) is 20.8 Å². The van der Waals surface area contributed by atoms with Crippen LogP contribution < -0.4 is 10.1 Å². The number of ether oxygens (including phenoxy) is 1. The monoisotopic (exact) mass is 406 g/mol. The van der Waals surface area contributed by atoms with Crippen molar-refractivity contribution in [1.29, 1.82) is 0 Å². The molecule has 1 N–H and O–H groups in total.